The monoisotopic (exact) mass is 221 g/mol. The second kappa shape index (κ2) is 6.02. The summed E-state index contributed by atoms with van der Waals surface area (Å²) >= 11 is 0. The molecule has 2 heteroatoms. The molecule has 16 heavy (non-hydrogen) atoms. The van der Waals surface area contributed by atoms with Crippen LogP contribution in [0.4, 0.5) is 0 Å². The average molecular weight is 221 g/mol. The minimum Gasteiger partial charge on any atom is -0.392 e. The van der Waals surface area contributed by atoms with Gasteiger partial charge in [-0.05, 0) is 30.9 Å². The first-order valence-electron chi connectivity index (χ1n) is 6.00. The van der Waals surface area contributed by atoms with E-state index in [4.69, 9.17) is 5.11 Å². The molecule has 0 aliphatic heterocycles. The van der Waals surface area contributed by atoms with Crippen molar-refractivity contribution < 1.29 is 5.11 Å². The Hall–Kier alpha value is -0.860. The number of hydrogen-bond acceptors (Lipinski definition) is 2. The SMILES string of the molecule is CC(NC(C)C(C)C)c1cccc(CO)c1. The fourth-order valence-electron chi connectivity index (χ4n) is 1.64. The van der Waals surface area contributed by atoms with Gasteiger partial charge in [-0.2, -0.15) is 0 Å². The molecular formula is C14H23NO. The number of hydrogen-bond donors (Lipinski definition) is 2. The van der Waals surface area contributed by atoms with Crippen molar-refractivity contribution >= 4 is 0 Å². The fraction of sp³-hybridized carbons (Fsp3) is 0.571. The van der Waals surface area contributed by atoms with E-state index in [0.717, 1.165) is 5.56 Å². The van der Waals surface area contributed by atoms with Crippen molar-refractivity contribution in [2.75, 3.05) is 0 Å². The molecule has 1 aromatic rings. The molecule has 1 rings (SSSR count). The van der Waals surface area contributed by atoms with E-state index in [2.05, 4.69) is 45.1 Å². The van der Waals surface area contributed by atoms with Crippen LogP contribution in [0.15, 0.2) is 24.3 Å². The largest absolute Gasteiger partial charge is 0.392 e. The summed E-state index contributed by atoms with van der Waals surface area (Å²) in [6.45, 7) is 8.91. The van der Waals surface area contributed by atoms with Crippen molar-refractivity contribution in [1.29, 1.82) is 0 Å². The molecule has 0 spiro atoms. The summed E-state index contributed by atoms with van der Waals surface area (Å²) in [6, 6.07) is 8.92. The molecule has 2 atom stereocenters. The Morgan fingerprint density at radius 1 is 1.19 bits per heavy atom. The van der Waals surface area contributed by atoms with Crippen LogP contribution in [-0.2, 0) is 6.61 Å². The molecule has 0 radical (unpaired) electrons. The molecule has 2 unspecified atom stereocenters. The van der Waals surface area contributed by atoms with Gasteiger partial charge in [0.2, 0.25) is 0 Å². The number of aliphatic hydroxyl groups is 1. The minimum absolute atomic E-state index is 0.111. The quantitative estimate of drug-likeness (QED) is 0.801. The Morgan fingerprint density at radius 3 is 2.44 bits per heavy atom. The highest BCUT2D eigenvalue weighted by atomic mass is 16.3. The highest BCUT2D eigenvalue weighted by Crippen LogP contribution is 2.16. The predicted octanol–water partition coefficient (Wildman–Crippen LogP) is 2.87. The molecule has 0 aliphatic carbocycles. The van der Waals surface area contributed by atoms with Crippen LogP contribution in [0, 0.1) is 5.92 Å². The van der Waals surface area contributed by atoms with E-state index >= 15 is 0 Å². The summed E-state index contributed by atoms with van der Waals surface area (Å²) in [5.41, 5.74) is 2.21. The second-order valence-corrected chi connectivity index (χ2v) is 4.82. The maximum Gasteiger partial charge on any atom is 0.0681 e. The van der Waals surface area contributed by atoms with E-state index in [-0.39, 0.29) is 6.61 Å². The van der Waals surface area contributed by atoms with Gasteiger partial charge >= 0.3 is 0 Å². The van der Waals surface area contributed by atoms with E-state index in [0.29, 0.717) is 18.0 Å². The summed E-state index contributed by atoms with van der Waals surface area (Å²) < 4.78 is 0. The average Bonchev–Trinajstić information content (AvgIpc) is 2.28. The van der Waals surface area contributed by atoms with Crippen molar-refractivity contribution in [3.63, 3.8) is 0 Å². The zero-order chi connectivity index (χ0) is 12.1. The van der Waals surface area contributed by atoms with E-state index in [1.807, 2.05) is 12.1 Å². The lowest BCUT2D eigenvalue weighted by atomic mass is 10.0. The topological polar surface area (TPSA) is 32.3 Å². The first-order chi connectivity index (χ1) is 7.54. The van der Waals surface area contributed by atoms with Crippen molar-refractivity contribution in [3.8, 4) is 0 Å². The Kier molecular flexibility index (Phi) is 4.97. The molecule has 2 N–H and O–H groups in total. The molecule has 0 heterocycles. The van der Waals surface area contributed by atoms with Gasteiger partial charge in [-0.15, -0.1) is 0 Å². The maximum absolute atomic E-state index is 9.09. The highest BCUT2D eigenvalue weighted by Gasteiger charge is 2.12. The normalized spacial score (nSPS) is 15.1. The van der Waals surface area contributed by atoms with E-state index in [9.17, 15) is 0 Å². The van der Waals surface area contributed by atoms with Gasteiger partial charge < -0.3 is 10.4 Å². The minimum atomic E-state index is 0.111. The fourth-order valence-corrected chi connectivity index (χ4v) is 1.64. The summed E-state index contributed by atoms with van der Waals surface area (Å²) in [5.74, 6) is 0.628. The molecule has 0 bridgehead atoms. The molecule has 0 aliphatic rings. The lowest BCUT2D eigenvalue weighted by Crippen LogP contribution is -2.33. The van der Waals surface area contributed by atoms with Gasteiger partial charge in [-0.25, -0.2) is 0 Å². The van der Waals surface area contributed by atoms with Gasteiger partial charge in [-0.1, -0.05) is 38.1 Å². The standard InChI is InChI=1S/C14H23NO/c1-10(2)11(3)15-12(4)14-7-5-6-13(8-14)9-16/h5-8,10-12,15-16H,9H2,1-4H3. The van der Waals surface area contributed by atoms with Crippen LogP contribution in [0.3, 0.4) is 0 Å². The lowest BCUT2D eigenvalue weighted by molar-refractivity contribution is 0.281. The van der Waals surface area contributed by atoms with Crippen molar-refractivity contribution in [2.24, 2.45) is 5.92 Å². The molecule has 90 valence electrons. The van der Waals surface area contributed by atoms with Crippen LogP contribution < -0.4 is 5.32 Å². The Balaban J connectivity index is 2.68. The van der Waals surface area contributed by atoms with Crippen molar-refractivity contribution in [1.82, 2.24) is 5.32 Å². The number of benzene rings is 1. The molecule has 2 nitrogen and oxygen atoms in total. The maximum atomic E-state index is 9.09. The van der Waals surface area contributed by atoms with E-state index < -0.39 is 0 Å². The molecule has 0 fully saturated rings. The highest BCUT2D eigenvalue weighted by molar-refractivity contribution is 5.25. The van der Waals surface area contributed by atoms with Crippen molar-refractivity contribution in [2.45, 2.75) is 46.4 Å². The summed E-state index contributed by atoms with van der Waals surface area (Å²) in [6.07, 6.45) is 0. The Morgan fingerprint density at radius 2 is 1.88 bits per heavy atom. The molecule has 0 aromatic heterocycles. The van der Waals surface area contributed by atoms with Gasteiger partial charge in [0.25, 0.3) is 0 Å². The van der Waals surface area contributed by atoms with Crippen LogP contribution in [0.25, 0.3) is 0 Å². The number of aliphatic hydroxyl groups excluding tert-OH is 1. The van der Waals surface area contributed by atoms with Gasteiger partial charge in [0.05, 0.1) is 6.61 Å². The molecule has 0 saturated carbocycles. The van der Waals surface area contributed by atoms with Gasteiger partial charge in [0, 0.05) is 12.1 Å². The summed E-state index contributed by atoms with van der Waals surface area (Å²) in [4.78, 5) is 0. The van der Waals surface area contributed by atoms with Gasteiger partial charge in [0.1, 0.15) is 0 Å². The summed E-state index contributed by atoms with van der Waals surface area (Å²) in [7, 11) is 0. The van der Waals surface area contributed by atoms with Crippen LogP contribution in [0.2, 0.25) is 0 Å². The Bertz CT molecular complexity index is 322. The zero-order valence-electron chi connectivity index (χ0n) is 10.7. The first kappa shape index (κ1) is 13.2. The van der Waals surface area contributed by atoms with Crippen molar-refractivity contribution in [3.05, 3.63) is 35.4 Å². The zero-order valence-corrected chi connectivity index (χ0v) is 10.7. The molecular weight excluding hydrogens is 198 g/mol. The second-order valence-electron chi connectivity index (χ2n) is 4.82. The third kappa shape index (κ3) is 3.62. The molecule has 0 saturated heterocycles. The lowest BCUT2D eigenvalue weighted by Gasteiger charge is -2.23. The number of rotatable bonds is 5. The van der Waals surface area contributed by atoms with Crippen LogP contribution >= 0.6 is 0 Å². The molecule has 1 aromatic carbocycles. The third-order valence-electron chi connectivity index (χ3n) is 3.15. The molecule has 0 amide bonds. The van der Waals surface area contributed by atoms with Gasteiger partial charge in [0.15, 0.2) is 0 Å². The van der Waals surface area contributed by atoms with Crippen LogP contribution in [0.1, 0.15) is 44.9 Å². The predicted molar refractivity (Wildman–Crippen MR) is 68.2 cm³/mol. The van der Waals surface area contributed by atoms with Crippen LogP contribution in [0.5, 0.6) is 0 Å². The number of nitrogens with one attached hydrogen (secondary N) is 1. The first-order valence-corrected chi connectivity index (χ1v) is 6.00. The smallest absolute Gasteiger partial charge is 0.0681 e. The summed E-state index contributed by atoms with van der Waals surface area (Å²) in [5, 5.41) is 12.7. The van der Waals surface area contributed by atoms with E-state index in [1.165, 1.54) is 5.56 Å². The van der Waals surface area contributed by atoms with Gasteiger partial charge in [-0.3, -0.25) is 0 Å². The van der Waals surface area contributed by atoms with Crippen LogP contribution in [-0.4, -0.2) is 11.1 Å². The third-order valence-corrected chi connectivity index (χ3v) is 3.15. The van der Waals surface area contributed by atoms with E-state index in [1.54, 1.807) is 0 Å². The Labute approximate surface area is 98.7 Å².